The normalized spacial score (nSPS) is 35.5. The first-order valence-corrected chi connectivity index (χ1v) is 7.25. The van der Waals surface area contributed by atoms with Gasteiger partial charge in [0.2, 0.25) is 0 Å². The van der Waals surface area contributed by atoms with Crippen LogP contribution in [0.3, 0.4) is 0 Å². The summed E-state index contributed by atoms with van der Waals surface area (Å²) in [5, 5.41) is 10.1. The van der Waals surface area contributed by atoms with E-state index in [0.29, 0.717) is 5.56 Å². The Labute approximate surface area is 124 Å². The summed E-state index contributed by atoms with van der Waals surface area (Å²) in [4.78, 5) is 23.3. The van der Waals surface area contributed by atoms with Crippen LogP contribution in [0.25, 0.3) is 0 Å². The van der Waals surface area contributed by atoms with Gasteiger partial charge in [-0.3, -0.25) is 0 Å². The minimum absolute atomic E-state index is 0.167. The average Bonchev–Trinajstić information content (AvgIpc) is 2.67. The fourth-order valence-corrected chi connectivity index (χ4v) is 3.63. The number of hydrogen-bond donors (Lipinski definition) is 1. The predicted octanol–water partition coefficient (Wildman–Crippen LogP) is 1.43. The molecular weight excluding hydrogens is 328 g/mol. The van der Waals surface area contributed by atoms with Crippen molar-refractivity contribution in [3.05, 3.63) is 35.9 Å². The predicted molar refractivity (Wildman–Crippen MR) is 72.4 cm³/mol. The van der Waals surface area contributed by atoms with Crippen LogP contribution in [0, 0.1) is 0 Å². The van der Waals surface area contributed by atoms with Crippen molar-refractivity contribution >= 4 is 27.9 Å². The van der Waals surface area contributed by atoms with Gasteiger partial charge in [-0.15, -0.1) is 0 Å². The highest BCUT2D eigenvalue weighted by Gasteiger charge is 2.58. The van der Waals surface area contributed by atoms with Crippen molar-refractivity contribution < 1.29 is 24.2 Å². The van der Waals surface area contributed by atoms with E-state index in [-0.39, 0.29) is 17.7 Å². The Morgan fingerprint density at radius 3 is 2.75 bits per heavy atom. The number of aliphatic hydroxyl groups is 1. The van der Waals surface area contributed by atoms with Crippen molar-refractivity contribution in [3.8, 4) is 0 Å². The van der Waals surface area contributed by atoms with Gasteiger partial charge in [-0.25, -0.2) is 9.59 Å². The van der Waals surface area contributed by atoms with Gasteiger partial charge < -0.3 is 14.6 Å². The number of hydrogen-bond acceptors (Lipinski definition) is 5. The summed E-state index contributed by atoms with van der Waals surface area (Å²) in [6.07, 6.45) is -0.844. The molecule has 0 spiro atoms. The van der Waals surface area contributed by atoms with E-state index < -0.39 is 29.7 Å². The third kappa shape index (κ3) is 2.23. The highest BCUT2D eigenvalue weighted by Crippen LogP contribution is 2.42. The first-order valence-electron chi connectivity index (χ1n) is 6.33. The molecule has 2 bridgehead atoms. The van der Waals surface area contributed by atoms with Crippen LogP contribution in [0.15, 0.2) is 30.3 Å². The zero-order valence-electron chi connectivity index (χ0n) is 10.5. The lowest BCUT2D eigenvalue weighted by Crippen LogP contribution is -2.48. The second-order valence-corrected chi connectivity index (χ2v) is 6.31. The zero-order valence-corrected chi connectivity index (χ0v) is 12.1. The molecule has 20 heavy (non-hydrogen) atoms. The van der Waals surface area contributed by atoms with Gasteiger partial charge in [-0.2, -0.15) is 0 Å². The number of esters is 2. The van der Waals surface area contributed by atoms with Crippen molar-refractivity contribution in [2.24, 2.45) is 0 Å². The van der Waals surface area contributed by atoms with Crippen molar-refractivity contribution in [1.29, 1.82) is 0 Å². The van der Waals surface area contributed by atoms with Gasteiger partial charge in [0.05, 0.1) is 10.4 Å². The second-order valence-electron chi connectivity index (χ2n) is 5.14. The zero-order chi connectivity index (χ0) is 14.3. The first kappa shape index (κ1) is 13.6. The van der Waals surface area contributed by atoms with Gasteiger partial charge in [0, 0.05) is 12.8 Å². The Bertz CT molecular complexity index is 546. The van der Waals surface area contributed by atoms with Crippen molar-refractivity contribution in [3.63, 3.8) is 0 Å². The summed E-state index contributed by atoms with van der Waals surface area (Å²) in [6, 6.07) is 8.62. The van der Waals surface area contributed by atoms with E-state index in [1.807, 2.05) is 6.07 Å². The molecule has 1 saturated heterocycles. The summed E-state index contributed by atoms with van der Waals surface area (Å²) in [5.74, 6) is -1.10. The minimum atomic E-state index is -1.45. The number of fused-ring (bicyclic) bond motifs is 2. The molecule has 4 atom stereocenters. The van der Waals surface area contributed by atoms with E-state index in [4.69, 9.17) is 9.47 Å². The molecular formula is C14H13BrO5. The number of alkyl halides is 1. The van der Waals surface area contributed by atoms with E-state index in [0.717, 1.165) is 0 Å². The molecule has 1 saturated carbocycles. The van der Waals surface area contributed by atoms with Crippen molar-refractivity contribution in [2.45, 2.75) is 35.5 Å². The molecule has 1 aromatic rings. The summed E-state index contributed by atoms with van der Waals surface area (Å²) >= 11 is 3.37. The molecule has 1 unspecified atom stereocenters. The Kier molecular flexibility index (Phi) is 3.30. The molecule has 0 aromatic heterocycles. The number of carbonyl (C=O) groups excluding carboxylic acids is 2. The maximum absolute atomic E-state index is 12.0. The number of benzene rings is 1. The number of ether oxygens (including phenoxy) is 2. The second kappa shape index (κ2) is 4.86. The maximum Gasteiger partial charge on any atom is 0.338 e. The molecule has 6 heteroatoms. The molecule has 3 rings (SSSR count). The summed E-state index contributed by atoms with van der Waals surface area (Å²) in [6.45, 7) is 0. The summed E-state index contributed by atoms with van der Waals surface area (Å²) in [7, 11) is 0. The SMILES string of the molecule is O=C(OC1[C@@H](Br)C[C@]2(O)C[C@H]1OC2=O)c1ccccc1. The number of rotatable bonds is 2. The van der Waals surface area contributed by atoms with Crippen LogP contribution in [0.5, 0.6) is 0 Å². The molecule has 1 aliphatic heterocycles. The Balaban J connectivity index is 1.75. The van der Waals surface area contributed by atoms with Crippen LogP contribution < -0.4 is 0 Å². The highest BCUT2D eigenvalue weighted by molar-refractivity contribution is 9.09. The van der Waals surface area contributed by atoms with Crippen molar-refractivity contribution in [1.82, 2.24) is 0 Å². The van der Waals surface area contributed by atoms with E-state index in [9.17, 15) is 14.7 Å². The third-order valence-corrected chi connectivity index (χ3v) is 4.53. The van der Waals surface area contributed by atoms with E-state index in [2.05, 4.69) is 15.9 Å². The van der Waals surface area contributed by atoms with Crippen LogP contribution in [0.2, 0.25) is 0 Å². The van der Waals surface area contributed by atoms with Crippen LogP contribution in [0.4, 0.5) is 0 Å². The molecule has 0 radical (unpaired) electrons. The molecule has 2 aliphatic rings. The van der Waals surface area contributed by atoms with Crippen LogP contribution in [0.1, 0.15) is 23.2 Å². The minimum Gasteiger partial charge on any atom is -0.456 e. The fraction of sp³-hybridized carbons (Fsp3) is 0.429. The monoisotopic (exact) mass is 340 g/mol. The first-order chi connectivity index (χ1) is 9.49. The largest absolute Gasteiger partial charge is 0.456 e. The van der Waals surface area contributed by atoms with Gasteiger partial charge in [0.1, 0.15) is 6.10 Å². The standard InChI is InChI=1S/C14H13BrO5/c15-9-6-14(18)7-10(19-13(14)17)11(9)20-12(16)8-4-2-1-3-5-8/h1-5,9-11,18H,6-7H2/t9-,10+,11?,14-/m0/s1. The maximum atomic E-state index is 12.0. The quantitative estimate of drug-likeness (QED) is 0.651. The van der Waals surface area contributed by atoms with Gasteiger partial charge in [-0.05, 0) is 12.1 Å². The molecule has 5 nitrogen and oxygen atoms in total. The van der Waals surface area contributed by atoms with Gasteiger partial charge >= 0.3 is 11.9 Å². The highest BCUT2D eigenvalue weighted by atomic mass is 79.9. The van der Waals surface area contributed by atoms with Crippen LogP contribution in [-0.2, 0) is 14.3 Å². The molecule has 1 aliphatic carbocycles. The number of halogens is 1. The van der Waals surface area contributed by atoms with Crippen molar-refractivity contribution in [2.75, 3.05) is 0 Å². The van der Waals surface area contributed by atoms with Gasteiger partial charge in [0.15, 0.2) is 11.7 Å². The van der Waals surface area contributed by atoms with E-state index in [1.165, 1.54) is 0 Å². The summed E-state index contributed by atoms with van der Waals surface area (Å²) < 4.78 is 10.6. The Morgan fingerprint density at radius 1 is 1.35 bits per heavy atom. The smallest absolute Gasteiger partial charge is 0.338 e. The molecule has 1 aromatic carbocycles. The van der Waals surface area contributed by atoms with Gasteiger partial charge in [0.25, 0.3) is 0 Å². The lowest BCUT2D eigenvalue weighted by Gasteiger charge is -2.33. The molecule has 1 heterocycles. The molecule has 2 fully saturated rings. The summed E-state index contributed by atoms with van der Waals surface area (Å²) in [5.41, 5.74) is -1.01. The Morgan fingerprint density at radius 2 is 2.05 bits per heavy atom. The average molecular weight is 341 g/mol. The van der Waals surface area contributed by atoms with Gasteiger partial charge in [-0.1, -0.05) is 34.1 Å². The Hall–Kier alpha value is -1.40. The lowest BCUT2D eigenvalue weighted by atomic mass is 9.84. The molecule has 1 N–H and O–H groups in total. The van der Waals surface area contributed by atoms with E-state index in [1.54, 1.807) is 24.3 Å². The molecule has 0 amide bonds. The fourth-order valence-electron chi connectivity index (χ4n) is 2.64. The molecule has 106 valence electrons. The third-order valence-electron chi connectivity index (χ3n) is 3.69. The van der Waals surface area contributed by atoms with Crippen LogP contribution in [-0.4, -0.2) is 39.7 Å². The lowest BCUT2D eigenvalue weighted by molar-refractivity contribution is -0.154. The topological polar surface area (TPSA) is 72.8 Å². The number of carbonyl (C=O) groups is 2. The van der Waals surface area contributed by atoms with Crippen LogP contribution >= 0.6 is 15.9 Å². The van der Waals surface area contributed by atoms with E-state index >= 15 is 0 Å².